The van der Waals surface area contributed by atoms with Crippen molar-refractivity contribution in [1.82, 2.24) is 20.1 Å². The number of hydrogen-bond donors (Lipinski definition) is 1. The largest absolute Gasteiger partial charge is 0.351 e. The highest BCUT2D eigenvalue weighted by Crippen LogP contribution is 2.30. The zero-order valence-corrected chi connectivity index (χ0v) is 15.9. The van der Waals surface area contributed by atoms with Crippen molar-refractivity contribution >= 4 is 27.5 Å². The molecule has 1 aromatic heterocycles. The van der Waals surface area contributed by atoms with Gasteiger partial charge in [-0.25, -0.2) is 8.42 Å². The number of hydrogen-bond acceptors (Lipinski definition) is 6. The fourth-order valence-electron chi connectivity index (χ4n) is 2.59. The maximum absolute atomic E-state index is 12.0. The normalized spacial score (nSPS) is 20.0. The van der Waals surface area contributed by atoms with E-state index in [-0.39, 0.29) is 34.6 Å². The van der Waals surface area contributed by atoms with Gasteiger partial charge in [-0.05, 0) is 27.2 Å². The van der Waals surface area contributed by atoms with Crippen LogP contribution in [0.4, 0.5) is 0 Å². The summed E-state index contributed by atoms with van der Waals surface area (Å²) in [6.45, 7) is 10.00. The molecule has 2 rings (SSSR count). The molecule has 24 heavy (non-hydrogen) atoms. The molecule has 1 N–H and O–H groups in total. The van der Waals surface area contributed by atoms with Gasteiger partial charge in [-0.1, -0.05) is 17.8 Å². The molecule has 0 aromatic carbocycles. The smallest absolute Gasteiger partial charge is 0.230 e. The highest BCUT2D eigenvalue weighted by molar-refractivity contribution is 7.99. The number of nitrogens with one attached hydrogen (secondary N) is 1. The molecule has 0 spiro atoms. The van der Waals surface area contributed by atoms with Gasteiger partial charge in [0.1, 0.15) is 5.82 Å². The Bertz CT molecular complexity index is 720. The molecule has 1 aliphatic rings. The van der Waals surface area contributed by atoms with E-state index in [0.717, 1.165) is 0 Å². The molecule has 1 fully saturated rings. The van der Waals surface area contributed by atoms with Gasteiger partial charge in [0.25, 0.3) is 0 Å². The third kappa shape index (κ3) is 5.07. The lowest BCUT2D eigenvalue weighted by Crippen LogP contribution is -2.41. The van der Waals surface area contributed by atoms with Crippen LogP contribution in [-0.2, 0) is 21.2 Å². The quantitative estimate of drug-likeness (QED) is 0.599. The molecule has 0 unspecified atom stereocenters. The van der Waals surface area contributed by atoms with Crippen LogP contribution in [0.15, 0.2) is 17.8 Å². The maximum atomic E-state index is 12.0. The molecule has 1 aliphatic heterocycles. The lowest BCUT2D eigenvalue weighted by molar-refractivity contribution is -0.119. The Morgan fingerprint density at radius 1 is 1.46 bits per heavy atom. The predicted octanol–water partition coefficient (Wildman–Crippen LogP) is 1.37. The summed E-state index contributed by atoms with van der Waals surface area (Å²) in [4.78, 5) is 12.0. The minimum atomic E-state index is -2.99. The Morgan fingerprint density at radius 2 is 2.17 bits per heavy atom. The second kappa shape index (κ2) is 7.26. The molecular formula is C15H24N4O3S2. The number of allylic oxidation sites excluding steroid dienone is 1. The third-order valence-electron chi connectivity index (χ3n) is 3.50. The minimum absolute atomic E-state index is 0.0781. The number of carbonyl (C=O) groups excluding carboxylic acids is 1. The molecule has 1 amide bonds. The lowest BCUT2D eigenvalue weighted by atomic mass is 10.1. The first-order valence-electron chi connectivity index (χ1n) is 7.79. The Balaban J connectivity index is 2.11. The number of nitrogens with zero attached hydrogens (tertiary/aromatic N) is 3. The van der Waals surface area contributed by atoms with Crippen molar-refractivity contribution in [2.24, 2.45) is 0 Å². The Kier molecular flexibility index (Phi) is 5.74. The van der Waals surface area contributed by atoms with Crippen LogP contribution in [0, 0.1) is 0 Å². The van der Waals surface area contributed by atoms with Gasteiger partial charge >= 0.3 is 0 Å². The Morgan fingerprint density at radius 3 is 2.71 bits per heavy atom. The minimum Gasteiger partial charge on any atom is -0.351 e. The first-order chi connectivity index (χ1) is 11.1. The van der Waals surface area contributed by atoms with Crippen molar-refractivity contribution in [2.45, 2.75) is 50.4 Å². The molecule has 7 nitrogen and oxygen atoms in total. The van der Waals surface area contributed by atoms with E-state index in [2.05, 4.69) is 22.1 Å². The number of sulfone groups is 1. The fraction of sp³-hybridized carbons (Fsp3) is 0.667. The summed E-state index contributed by atoms with van der Waals surface area (Å²) in [5, 5.41) is 11.8. The summed E-state index contributed by atoms with van der Waals surface area (Å²) in [5.41, 5.74) is -0.282. The maximum Gasteiger partial charge on any atom is 0.230 e. The fourth-order valence-corrected chi connectivity index (χ4v) is 5.09. The van der Waals surface area contributed by atoms with Crippen LogP contribution in [0.1, 0.15) is 38.9 Å². The molecule has 134 valence electrons. The molecule has 9 heteroatoms. The van der Waals surface area contributed by atoms with Gasteiger partial charge in [0.15, 0.2) is 15.0 Å². The van der Waals surface area contributed by atoms with E-state index >= 15 is 0 Å². The van der Waals surface area contributed by atoms with Gasteiger partial charge in [0.2, 0.25) is 5.91 Å². The van der Waals surface area contributed by atoms with Crippen LogP contribution in [0.3, 0.4) is 0 Å². The molecule has 1 aromatic rings. The summed E-state index contributed by atoms with van der Waals surface area (Å²) in [6, 6.07) is 0. The summed E-state index contributed by atoms with van der Waals surface area (Å²) in [6.07, 6.45) is 2.28. The van der Waals surface area contributed by atoms with Crippen molar-refractivity contribution in [2.75, 3.05) is 17.3 Å². The van der Waals surface area contributed by atoms with E-state index in [1.165, 1.54) is 11.8 Å². The van der Waals surface area contributed by atoms with Crippen LogP contribution in [0.2, 0.25) is 0 Å². The first-order valence-corrected chi connectivity index (χ1v) is 10.6. The molecule has 0 saturated carbocycles. The second-order valence-electron chi connectivity index (χ2n) is 6.93. The molecular weight excluding hydrogens is 348 g/mol. The molecule has 0 bridgehead atoms. The van der Waals surface area contributed by atoms with E-state index in [0.29, 0.717) is 23.9 Å². The van der Waals surface area contributed by atoms with E-state index in [4.69, 9.17) is 0 Å². The summed E-state index contributed by atoms with van der Waals surface area (Å²) < 4.78 is 25.3. The summed E-state index contributed by atoms with van der Waals surface area (Å²) >= 11 is 1.30. The monoisotopic (exact) mass is 372 g/mol. The number of thioether (sulfide) groups is 1. The highest BCUT2D eigenvalue weighted by Gasteiger charge is 2.33. The van der Waals surface area contributed by atoms with Gasteiger partial charge < -0.3 is 9.88 Å². The van der Waals surface area contributed by atoms with Gasteiger partial charge in [-0.15, -0.1) is 16.8 Å². The van der Waals surface area contributed by atoms with Gasteiger partial charge in [0, 0.05) is 18.0 Å². The predicted molar refractivity (Wildman–Crippen MR) is 94.9 cm³/mol. The van der Waals surface area contributed by atoms with Crippen LogP contribution >= 0.6 is 11.8 Å². The number of aromatic nitrogens is 3. The van der Waals surface area contributed by atoms with Crippen LogP contribution in [0.5, 0.6) is 0 Å². The van der Waals surface area contributed by atoms with Crippen molar-refractivity contribution in [3.05, 3.63) is 18.5 Å². The van der Waals surface area contributed by atoms with Crippen LogP contribution in [-0.4, -0.2) is 51.9 Å². The first kappa shape index (κ1) is 19.0. The van der Waals surface area contributed by atoms with Gasteiger partial charge in [-0.2, -0.15) is 0 Å². The molecule has 1 saturated heterocycles. The van der Waals surface area contributed by atoms with Gasteiger partial charge in [0.05, 0.1) is 17.3 Å². The summed E-state index contributed by atoms with van der Waals surface area (Å²) in [5.74, 6) is 0.975. The second-order valence-corrected chi connectivity index (χ2v) is 10.1. The molecule has 2 heterocycles. The van der Waals surface area contributed by atoms with Crippen molar-refractivity contribution in [1.29, 1.82) is 0 Å². The Labute approximate surface area is 147 Å². The van der Waals surface area contributed by atoms with Crippen molar-refractivity contribution < 1.29 is 13.2 Å². The SMILES string of the molecule is C=CCn1c(SCC(=O)NC(C)(C)C)nnc1[C@H]1CCS(=O)(=O)C1. The molecule has 0 radical (unpaired) electrons. The lowest BCUT2D eigenvalue weighted by Gasteiger charge is -2.20. The molecule has 1 atom stereocenters. The number of amides is 1. The summed E-state index contributed by atoms with van der Waals surface area (Å²) in [7, 11) is -2.99. The van der Waals surface area contributed by atoms with E-state index in [1.54, 1.807) is 6.08 Å². The topological polar surface area (TPSA) is 93.9 Å². The molecule has 0 aliphatic carbocycles. The average molecular weight is 373 g/mol. The highest BCUT2D eigenvalue weighted by atomic mass is 32.2. The zero-order chi connectivity index (χ0) is 18.0. The third-order valence-corrected chi connectivity index (χ3v) is 6.24. The standard InChI is InChI=1S/C15H24N4O3S2/c1-5-7-19-13(11-6-8-24(21,22)10-11)17-18-14(19)23-9-12(20)16-15(2,3)4/h5,11H,1,6-10H2,2-4H3,(H,16,20)/t11-/m0/s1. The van der Waals surface area contributed by atoms with Crippen LogP contribution in [0.25, 0.3) is 0 Å². The van der Waals surface area contributed by atoms with Gasteiger partial charge in [-0.3, -0.25) is 4.79 Å². The van der Waals surface area contributed by atoms with E-state index < -0.39 is 9.84 Å². The average Bonchev–Trinajstić information content (AvgIpc) is 2.98. The van der Waals surface area contributed by atoms with E-state index in [1.807, 2.05) is 25.3 Å². The number of carbonyl (C=O) groups is 1. The van der Waals surface area contributed by atoms with Crippen molar-refractivity contribution in [3.8, 4) is 0 Å². The Hall–Kier alpha value is -1.35. The van der Waals surface area contributed by atoms with Crippen LogP contribution < -0.4 is 5.32 Å². The number of rotatable bonds is 6. The van der Waals surface area contributed by atoms with E-state index in [9.17, 15) is 13.2 Å². The van der Waals surface area contributed by atoms with Crippen molar-refractivity contribution in [3.63, 3.8) is 0 Å². The zero-order valence-electron chi connectivity index (χ0n) is 14.3.